The van der Waals surface area contributed by atoms with Gasteiger partial charge in [0.25, 0.3) is 0 Å². The van der Waals surface area contributed by atoms with Gasteiger partial charge in [-0.05, 0) is 87.2 Å². The van der Waals surface area contributed by atoms with Gasteiger partial charge in [0.05, 0.1) is 23.4 Å². The number of hydrogen-bond donors (Lipinski definition) is 1. The zero-order valence-corrected chi connectivity index (χ0v) is 20.5. The zero-order valence-electron chi connectivity index (χ0n) is 20.5. The maximum atomic E-state index is 13.3. The van der Waals surface area contributed by atoms with Gasteiger partial charge in [0.1, 0.15) is 17.7 Å². The molecule has 36 heavy (non-hydrogen) atoms. The van der Waals surface area contributed by atoms with Crippen molar-refractivity contribution in [1.82, 2.24) is 15.1 Å². The molecule has 0 saturated heterocycles. The Balaban J connectivity index is 0.00000304. The summed E-state index contributed by atoms with van der Waals surface area (Å²) < 4.78 is 21.7. The van der Waals surface area contributed by atoms with Gasteiger partial charge in [-0.3, -0.25) is 4.79 Å². The number of aryl methyl sites for hydroxylation is 2. The van der Waals surface area contributed by atoms with Gasteiger partial charge in [-0.2, -0.15) is 5.10 Å². The Kier molecular flexibility index (Phi) is 6.90. The lowest BCUT2D eigenvalue weighted by atomic mass is 9.96. The summed E-state index contributed by atoms with van der Waals surface area (Å²) in [6.45, 7) is 8.15. The molecule has 1 heterocycles. The first-order valence-electron chi connectivity index (χ1n) is 12.0. The molecule has 0 spiro atoms. The number of carbonyl (C=O) groups is 1. The Labute approximate surface area is 212 Å². The molecule has 1 fully saturated rings. The molecular formula is C30H34FN3O2. The van der Waals surface area contributed by atoms with Crippen molar-refractivity contribution >= 4 is 16.8 Å². The predicted molar refractivity (Wildman–Crippen MR) is 142 cm³/mol. The van der Waals surface area contributed by atoms with Crippen LogP contribution in [-0.2, 0) is 4.79 Å². The van der Waals surface area contributed by atoms with E-state index in [1.807, 2.05) is 32.0 Å². The molecule has 1 N–H and O–H groups in total. The Morgan fingerprint density at radius 2 is 1.81 bits per heavy atom. The van der Waals surface area contributed by atoms with Gasteiger partial charge in [-0.1, -0.05) is 38.1 Å². The summed E-state index contributed by atoms with van der Waals surface area (Å²) in [4.78, 5) is 12.8. The van der Waals surface area contributed by atoms with Gasteiger partial charge in [0.15, 0.2) is 0 Å². The first kappa shape index (κ1) is 25.4. The van der Waals surface area contributed by atoms with E-state index in [0.717, 1.165) is 40.6 Å². The van der Waals surface area contributed by atoms with Crippen LogP contribution in [0.3, 0.4) is 0 Å². The first-order chi connectivity index (χ1) is 16.7. The predicted octanol–water partition coefficient (Wildman–Crippen LogP) is 6.84. The van der Waals surface area contributed by atoms with E-state index in [1.165, 1.54) is 17.7 Å². The average Bonchev–Trinajstić information content (AvgIpc) is 3.45. The van der Waals surface area contributed by atoms with Crippen molar-refractivity contribution < 1.29 is 13.9 Å². The van der Waals surface area contributed by atoms with Crippen molar-refractivity contribution in [3.63, 3.8) is 0 Å². The molecule has 0 aliphatic heterocycles. The zero-order chi connectivity index (χ0) is 24.7. The summed E-state index contributed by atoms with van der Waals surface area (Å²) in [6.07, 6.45) is 3.27. The van der Waals surface area contributed by atoms with Gasteiger partial charge >= 0.3 is 0 Å². The first-order valence-corrected chi connectivity index (χ1v) is 12.0. The van der Waals surface area contributed by atoms with Crippen molar-refractivity contribution in [3.05, 3.63) is 89.4 Å². The largest absolute Gasteiger partial charge is 0.484 e. The van der Waals surface area contributed by atoms with E-state index in [-0.39, 0.29) is 36.7 Å². The molecule has 188 valence electrons. The molecule has 5 nitrogen and oxygen atoms in total. The molecule has 0 bridgehead atoms. The second-order valence-electron chi connectivity index (χ2n) is 9.97. The molecule has 1 saturated carbocycles. The molecular weight excluding hydrogens is 453 g/mol. The fourth-order valence-electron chi connectivity index (χ4n) is 4.47. The third-order valence-corrected chi connectivity index (χ3v) is 6.97. The summed E-state index contributed by atoms with van der Waals surface area (Å²) in [5, 5.41) is 8.60. The number of benzene rings is 3. The number of amides is 1. The van der Waals surface area contributed by atoms with Crippen LogP contribution in [0, 0.1) is 25.1 Å². The van der Waals surface area contributed by atoms with Crippen molar-refractivity contribution in [2.75, 3.05) is 0 Å². The molecule has 5 rings (SSSR count). The second kappa shape index (κ2) is 9.76. The number of rotatable bonds is 7. The number of aromatic nitrogens is 2. The maximum Gasteiger partial charge on any atom is 0.226 e. The van der Waals surface area contributed by atoms with Crippen molar-refractivity contribution in [1.29, 1.82) is 0 Å². The quantitative estimate of drug-likeness (QED) is 0.310. The minimum Gasteiger partial charge on any atom is -0.484 e. The lowest BCUT2D eigenvalue weighted by molar-refractivity contribution is -0.127. The highest BCUT2D eigenvalue weighted by Crippen LogP contribution is 2.45. The maximum absolute atomic E-state index is 13.3. The number of ether oxygens (including phenoxy) is 1. The van der Waals surface area contributed by atoms with Crippen LogP contribution >= 0.6 is 0 Å². The third-order valence-electron chi connectivity index (χ3n) is 6.97. The molecule has 0 radical (unpaired) electrons. The number of nitrogens with zero attached hydrogens (tertiary/aromatic N) is 2. The highest BCUT2D eigenvalue weighted by atomic mass is 19.1. The van der Waals surface area contributed by atoms with E-state index in [1.54, 1.807) is 23.0 Å². The standard InChI is InChI=1S/C29H30FN3O2.CH4/c1-18-5-11-25(19(2)15-18)27(20(3)32-28(34)29(4)13-14-29)35-24-10-12-26-21(16-24)17-31-33(26)23-8-6-22(30)7-9-23;/h5-12,15-17,20,27H,13-14H2,1-4H3,(H,32,34);1H4/t20-,27-;/m0./s1. The highest BCUT2D eigenvalue weighted by Gasteiger charge is 2.45. The molecule has 0 unspecified atom stereocenters. The summed E-state index contributed by atoms with van der Waals surface area (Å²) in [5.74, 6) is 0.495. The Hall–Kier alpha value is -3.67. The number of fused-ring (bicyclic) bond motifs is 1. The van der Waals surface area contributed by atoms with Gasteiger partial charge in [0.2, 0.25) is 5.91 Å². The Morgan fingerprint density at radius 3 is 2.47 bits per heavy atom. The van der Waals surface area contributed by atoms with E-state index in [0.29, 0.717) is 5.75 Å². The topological polar surface area (TPSA) is 56.1 Å². The highest BCUT2D eigenvalue weighted by molar-refractivity contribution is 5.85. The van der Waals surface area contributed by atoms with E-state index in [2.05, 4.69) is 42.5 Å². The van der Waals surface area contributed by atoms with Gasteiger partial charge in [0, 0.05) is 10.8 Å². The fraction of sp³-hybridized carbons (Fsp3) is 0.333. The Bertz CT molecular complexity index is 1390. The third kappa shape index (κ3) is 4.99. The summed E-state index contributed by atoms with van der Waals surface area (Å²) in [6, 6.07) is 18.1. The SMILES string of the molecule is C.Cc1ccc([C@@H](Oc2ccc3c(cnn3-c3ccc(F)cc3)c2)[C@H](C)NC(=O)C2(C)CC2)c(C)c1. The number of halogens is 1. The Morgan fingerprint density at radius 1 is 1.08 bits per heavy atom. The van der Waals surface area contributed by atoms with E-state index in [9.17, 15) is 9.18 Å². The van der Waals surface area contributed by atoms with Crippen LogP contribution in [0.1, 0.15) is 56.9 Å². The molecule has 3 aromatic carbocycles. The van der Waals surface area contributed by atoms with Crippen LogP contribution in [0.15, 0.2) is 66.9 Å². The molecule has 6 heteroatoms. The van der Waals surface area contributed by atoms with Crippen LogP contribution in [0.5, 0.6) is 5.75 Å². The number of nitrogens with one attached hydrogen (secondary N) is 1. The summed E-state index contributed by atoms with van der Waals surface area (Å²) in [5.41, 5.74) is 4.78. The summed E-state index contributed by atoms with van der Waals surface area (Å²) >= 11 is 0. The molecule has 1 aliphatic rings. The molecule has 4 aromatic rings. The van der Waals surface area contributed by atoms with Gasteiger partial charge in [-0.15, -0.1) is 0 Å². The molecule has 1 aromatic heterocycles. The van der Waals surface area contributed by atoms with Crippen LogP contribution < -0.4 is 10.1 Å². The number of hydrogen-bond acceptors (Lipinski definition) is 3. The van der Waals surface area contributed by atoms with Crippen LogP contribution in [-0.4, -0.2) is 21.7 Å². The van der Waals surface area contributed by atoms with Crippen LogP contribution in [0.25, 0.3) is 16.6 Å². The van der Waals surface area contributed by atoms with Gasteiger partial charge < -0.3 is 10.1 Å². The van der Waals surface area contributed by atoms with E-state index < -0.39 is 0 Å². The van der Waals surface area contributed by atoms with Crippen LogP contribution in [0.2, 0.25) is 0 Å². The van der Waals surface area contributed by atoms with E-state index in [4.69, 9.17) is 4.74 Å². The normalized spacial score (nSPS) is 15.6. The monoisotopic (exact) mass is 487 g/mol. The van der Waals surface area contributed by atoms with Gasteiger partial charge in [-0.25, -0.2) is 9.07 Å². The fourth-order valence-corrected chi connectivity index (χ4v) is 4.47. The molecule has 1 amide bonds. The smallest absolute Gasteiger partial charge is 0.226 e. The number of carbonyl (C=O) groups excluding carboxylic acids is 1. The lowest BCUT2D eigenvalue weighted by Gasteiger charge is -2.29. The average molecular weight is 488 g/mol. The van der Waals surface area contributed by atoms with E-state index >= 15 is 0 Å². The minimum atomic E-state index is -0.355. The van der Waals surface area contributed by atoms with Crippen LogP contribution in [0.4, 0.5) is 4.39 Å². The van der Waals surface area contributed by atoms with Crippen molar-refractivity contribution in [2.24, 2.45) is 5.41 Å². The molecule has 2 atom stereocenters. The van der Waals surface area contributed by atoms with Crippen molar-refractivity contribution in [3.8, 4) is 11.4 Å². The van der Waals surface area contributed by atoms with Crippen molar-refractivity contribution in [2.45, 2.75) is 60.1 Å². The lowest BCUT2D eigenvalue weighted by Crippen LogP contribution is -2.42. The summed E-state index contributed by atoms with van der Waals surface area (Å²) in [7, 11) is 0. The second-order valence-corrected chi connectivity index (χ2v) is 9.97. The molecule has 1 aliphatic carbocycles. The minimum absolute atomic E-state index is 0.